The zero-order valence-corrected chi connectivity index (χ0v) is 10.3. The van der Waals surface area contributed by atoms with E-state index in [9.17, 15) is 0 Å². The van der Waals surface area contributed by atoms with Crippen molar-refractivity contribution in [1.29, 1.82) is 0 Å². The second-order valence-corrected chi connectivity index (χ2v) is 3.51. The lowest BCUT2D eigenvalue weighted by molar-refractivity contribution is 0.291. The summed E-state index contributed by atoms with van der Waals surface area (Å²) in [6.45, 7) is 3.26. The Morgan fingerprint density at radius 3 is 2.88 bits per heavy atom. The van der Waals surface area contributed by atoms with Crippen molar-refractivity contribution in [3.05, 3.63) is 23.8 Å². The average Bonchev–Trinajstić information content (AvgIpc) is 2.30. The number of aliphatic imine (C=N–C) groups is 1. The lowest BCUT2D eigenvalue weighted by atomic mass is 10.2. The van der Waals surface area contributed by atoms with Crippen LogP contribution in [0.25, 0.3) is 0 Å². The molecule has 4 heteroatoms. The molecule has 86 valence electrons. The van der Waals surface area contributed by atoms with E-state index in [1.54, 1.807) is 7.11 Å². The van der Waals surface area contributed by atoms with Crippen molar-refractivity contribution in [2.75, 3.05) is 20.3 Å². The SMILES string of the molecule is COc1cc(C)ccc1OCCCN=C=S. The smallest absolute Gasteiger partial charge is 0.161 e. The second kappa shape index (κ2) is 6.99. The summed E-state index contributed by atoms with van der Waals surface area (Å²) in [6, 6.07) is 5.86. The number of ether oxygens (including phenoxy) is 2. The van der Waals surface area contributed by atoms with E-state index >= 15 is 0 Å². The zero-order chi connectivity index (χ0) is 11.8. The van der Waals surface area contributed by atoms with Crippen molar-refractivity contribution < 1.29 is 9.47 Å². The summed E-state index contributed by atoms with van der Waals surface area (Å²) in [5, 5.41) is 2.32. The lowest BCUT2D eigenvalue weighted by Crippen LogP contribution is -2.00. The van der Waals surface area contributed by atoms with Gasteiger partial charge in [0.1, 0.15) is 0 Å². The van der Waals surface area contributed by atoms with Crippen molar-refractivity contribution in [2.45, 2.75) is 13.3 Å². The Morgan fingerprint density at radius 1 is 1.38 bits per heavy atom. The molecule has 0 bridgehead atoms. The minimum Gasteiger partial charge on any atom is -0.493 e. The van der Waals surface area contributed by atoms with Crippen LogP contribution in [0.3, 0.4) is 0 Å². The highest BCUT2D eigenvalue weighted by atomic mass is 32.1. The molecule has 0 aliphatic rings. The monoisotopic (exact) mass is 237 g/mol. The minimum atomic E-state index is 0.597. The molecule has 3 nitrogen and oxygen atoms in total. The Hall–Kier alpha value is -1.38. The molecule has 0 atom stereocenters. The second-order valence-electron chi connectivity index (χ2n) is 3.33. The van der Waals surface area contributed by atoms with Crippen molar-refractivity contribution in [2.24, 2.45) is 4.99 Å². The van der Waals surface area contributed by atoms with Gasteiger partial charge in [-0.2, -0.15) is 0 Å². The molecule has 0 spiro atoms. The van der Waals surface area contributed by atoms with Crippen LogP contribution in [-0.4, -0.2) is 25.4 Å². The van der Waals surface area contributed by atoms with Crippen LogP contribution in [0.1, 0.15) is 12.0 Å². The van der Waals surface area contributed by atoms with E-state index in [2.05, 4.69) is 22.4 Å². The molecule has 0 saturated heterocycles. The Kier molecular flexibility index (Phi) is 5.54. The van der Waals surface area contributed by atoms with Gasteiger partial charge in [0.25, 0.3) is 0 Å². The van der Waals surface area contributed by atoms with Crippen LogP contribution in [0.5, 0.6) is 11.5 Å². The predicted molar refractivity (Wildman–Crippen MR) is 67.7 cm³/mol. The van der Waals surface area contributed by atoms with Crippen LogP contribution in [0.4, 0.5) is 0 Å². The van der Waals surface area contributed by atoms with Crippen LogP contribution >= 0.6 is 12.2 Å². The number of rotatable bonds is 6. The molecule has 16 heavy (non-hydrogen) atoms. The number of benzene rings is 1. The highest BCUT2D eigenvalue weighted by molar-refractivity contribution is 7.78. The van der Waals surface area contributed by atoms with Gasteiger partial charge >= 0.3 is 0 Å². The van der Waals surface area contributed by atoms with Gasteiger partial charge in [0.05, 0.1) is 25.4 Å². The molecule has 0 N–H and O–H groups in total. The molecule has 0 unspecified atom stereocenters. The highest BCUT2D eigenvalue weighted by Crippen LogP contribution is 2.27. The summed E-state index contributed by atoms with van der Waals surface area (Å²) in [6.07, 6.45) is 0.820. The van der Waals surface area contributed by atoms with Gasteiger partial charge in [-0.05, 0) is 36.8 Å². The molecule has 0 amide bonds. The van der Waals surface area contributed by atoms with Gasteiger partial charge in [0.15, 0.2) is 11.5 Å². The molecule has 0 saturated carbocycles. The largest absolute Gasteiger partial charge is 0.493 e. The van der Waals surface area contributed by atoms with Gasteiger partial charge in [-0.15, -0.1) is 0 Å². The van der Waals surface area contributed by atoms with Crippen LogP contribution in [-0.2, 0) is 0 Å². The van der Waals surface area contributed by atoms with Crippen molar-refractivity contribution in [1.82, 2.24) is 0 Å². The Labute approximate surface area is 101 Å². The number of hydrogen-bond acceptors (Lipinski definition) is 4. The summed E-state index contributed by atoms with van der Waals surface area (Å²) >= 11 is 4.47. The molecule has 0 aromatic heterocycles. The number of aryl methyl sites for hydroxylation is 1. The fourth-order valence-corrected chi connectivity index (χ4v) is 1.36. The van der Waals surface area contributed by atoms with Crippen LogP contribution in [0.2, 0.25) is 0 Å². The lowest BCUT2D eigenvalue weighted by Gasteiger charge is -2.10. The maximum atomic E-state index is 5.58. The fourth-order valence-electron chi connectivity index (χ4n) is 1.27. The molecule has 0 heterocycles. The molecule has 1 aromatic rings. The van der Waals surface area contributed by atoms with Gasteiger partial charge in [-0.3, -0.25) is 0 Å². The van der Waals surface area contributed by atoms with Gasteiger partial charge in [-0.1, -0.05) is 6.07 Å². The molecule has 0 aliphatic heterocycles. The minimum absolute atomic E-state index is 0.597. The molecule has 0 aliphatic carbocycles. The molecule has 0 fully saturated rings. The summed E-state index contributed by atoms with van der Waals surface area (Å²) < 4.78 is 10.8. The topological polar surface area (TPSA) is 30.8 Å². The predicted octanol–water partition coefficient (Wildman–Crippen LogP) is 2.88. The Bertz CT molecular complexity index is 387. The third-order valence-corrected chi connectivity index (χ3v) is 2.18. The fraction of sp³-hybridized carbons (Fsp3) is 0.417. The molecular weight excluding hydrogens is 222 g/mol. The van der Waals surface area contributed by atoms with Crippen molar-refractivity contribution >= 4 is 17.4 Å². The summed E-state index contributed by atoms with van der Waals surface area (Å²) in [4.78, 5) is 3.81. The molecule has 1 rings (SSSR count). The van der Waals surface area contributed by atoms with Gasteiger partial charge in [0, 0.05) is 6.42 Å². The Morgan fingerprint density at radius 2 is 2.19 bits per heavy atom. The first kappa shape index (κ1) is 12.7. The summed E-state index contributed by atoms with van der Waals surface area (Å²) in [5.41, 5.74) is 1.15. The van der Waals surface area contributed by atoms with Gasteiger partial charge in [-0.25, -0.2) is 4.99 Å². The van der Waals surface area contributed by atoms with E-state index in [1.807, 2.05) is 25.1 Å². The van der Waals surface area contributed by atoms with Crippen molar-refractivity contribution in [3.63, 3.8) is 0 Å². The standard InChI is InChI=1S/C12H15NO2S/c1-10-4-5-11(12(8-10)14-2)15-7-3-6-13-9-16/h4-5,8H,3,6-7H2,1-2H3. The van der Waals surface area contributed by atoms with E-state index in [1.165, 1.54) is 0 Å². The van der Waals surface area contributed by atoms with Gasteiger partial charge in [0.2, 0.25) is 0 Å². The van der Waals surface area contributed by atoms with E-state index in [0.29, 0.717) is 13.2 Å². The maximum Gasteiger partial charge on any atom is 0.161 e. The van der Waals surface area contributed by atoms with Crippen LogP contribution in [0.15, 0.2) is 23.2 Å². The molecule has 1 aromatic carbocycles. The average molecular weight is 237 g/mol. The zero-order valence-electron chi connectivity index (χ0n) is 9.53. The van der Waals surface area contributed by atoms with E-state index in [4.69, 9.17) is 9.47 Å². The summed E-state index contributed by atoms with van der Waals surface area (Å²) in [7, 11) is 1.64. The number of methoxy groups -OCH3 is 1. The number of hydrogen-bond donors (Lipinski definition) is 0. The molecule has 0 radical (unpaired) electrons. The first-order valence-corrected chi connectivity index (χ1v) is 5.50. The van der Waals surface area contributed by atoms with Gasteiger partial charge < -0.3 is 9.47 Å². The first-order chi connectivity index (χ1) is 7.77. The number of thiocarbonyl (C=S) groups is 1. The normalized spacial score (nSPS) is 9.38. The highest BCUT2D eigenvalue weighted by Gasteiger charge is 2.03. The third-order valence-electron chi connectivity index (χ3n) is 2.06. The third kappa shape index (κ3) is 4.01. The van der Waals surface area contributed by atoms with E-state index in [0.717, 1.165) is 23.5 Å². The number of isothiocyanates is 1. The summed E-state index contributed by atoms with van der Waals surface area (Å²) in [5.74, 6) is 1.53. The van der Waals surface area contributed by atoms with Crippen molar-refractivity contribution in [3.8, 4) is 11.5 Å². The van der Waals surface area contributed by atoms with Crippen LogP contribution < -0.4 is 9.47 Å². The molecular formula is C12H15NO2S. The number of nitrogens with zero attached hydrogens (tertiary/aromatic N) is 1. The van der Waals surface area contributed by atoms with E-state index < -0.39 is 0 Å². The maximum absolute atomic E-state index is 5.58. The Balaban J connectivity index is 2.49. The quantitative estimate of drug-likeness (QED) is 0.433. The van der Waals surface area contributed by atoms with E-state index in [-0.39, 0.29) is 0 Å². The first-order valence-electron chi connectivity index (χ1n) is 5.09. The van der Waals surface area contributed by atoms with Crippen LogP contribution in [0, 0.1) is 6.92 Å².